The predicted octanol–water partition coefficient (Wildman–Crippen LogP) is 1.33. The number of nitrogens with two attached hydrogens (primary N) is 1. The first-order valence-corrected chi connectivity index (χ1v) is 11.0. The molecule has 13 heteroatoms. The topological polar surface area (TPSA) is 134 Å². The van der Waals surface area contributed by atoms with E-state index in [9.17, 15) is 22.8 Å². The molecule has 0 saturated carbocycles. The van der Waals surface area contributed by atoms with Crippen LogP contribution in [0, 0.1) is 6.92 Å². The molecule has 1 amide bonds. The fraction of sp³-hybridized carbons (Fsp3) is 0.478. The summed E-state index contributed by atoms with van der Waals surface area (Å²) in [5, 5.41) is 2.84. The summed E-state index contributed by atoms with van der Waals surface area (Å²) >= 11 is 0. The first-order valence-electron chi connectivity index (χ1n) is 11.0. The van der Waals surface area contributed by atoms with Gasteiger partial charge in [-0.05, 0) is 43.8 Å². The molecule has 0 aromatic carbocycles. The Balaban J connectivity index is 0.000000621. The molecule has 0 radical (unpaired) electrons. The van der Waals surface area contributed by atoms with E-state index >= 15 is 0 Å². The number of aldehydes is 1. The number of pyridine rings is 2. The molecule has 3 rings (SSSR count). The summed E-state index contributed by atoms with van der Waals surface area (Å²) < 4.78 is 45.8. The number of alkyl halides is 3. The number of nitrogens with one attached hydrogen (secondary N) is 2. The number of halogens is 3. The van der Waals surface area contributed by atoms with E-state index in [0.29, 0.717) is 30.0 Å². The molecule has 10 nitrogen and oxygen atoms in total. The van der Waals surface area contributed by atoms with Crippen molar-refractivity contribution in [3.8, 4) is 17.0 Å². The van der Waals surface area contributed by atoms with E-state index in [-0.39, 0.29) is 25.3 Å². The molecule has 1 saturated heterocycles. The molecule has 0 aliphatic carbocycles. The molecular formula is C23H33F3N6O4. The number of hydrogen-bond donors (Lipinski definition) is 3. The van der Waals surface area contributed by atoms with Crippen LogP contribution in [0.2, 0.25) is 0 Å². The third-order valence-corrected chi connectivity index (χ3v) is 5.21. The highest BCUT2D eigenvalue weighted by Crippen LogP contribution is 2.32. The van der Waals surface area contributed by atoms with Gasteiger partial charge in [-0.3, -0.25) is 9.59 Å². The van der Waals surface area contributed by atoms with Crippen LogP contribution in [0.5, 0.6) is 5.88 Å². The lowest BCUT2D eigenvalue weighted by Crippen LogP contribution is -2.58. The second kappa shape index (κ2) is 14.8. The van der Waals surface area contributed by atoms with Crippen molar-refractivity contribution < 1.29 is 27.5 Å². The van der Waals surface area contributed by atoms with Crippen molar-refractivity contribution in [2.75, 3.05) is 52.3 Å². The lowest BCUT2D eigenvalue weighted by molar-refractivity contribution is -0.155. The van der Waals surface area contributed by atoms with Crippen molar-refractivity contribution in [2.45, 2.75) is 25.6 Å². The molecule has 1 fully saturated rings. The van der Waals surface area contributed by atoms with Gasteiger partial charge in [0.15, 0.2) is 0 Å². The van der Waals surface area contributed by atoms with Gasteiger partial charge in [0.1, 0.15) is 18.1 Å². The summed E-state index contributed by atoms with van der Waals surface area (Å²) in [6.07, 6.45) is -1.03. The normalized spacial score (nSPS) is 15.6. The van der Waals surface area contributed by atoms with Crippen LogP contribution in [-0.4, -0.2) is 87.2 Å². The molecule has 1 aliphatic heterocycles. The van der Waals surface area contributed by atoms with Gasteiger partial charge in [0, 0.05) is 50.9 Å². The Morgan fingerprint density at radius 2 is 1.94 bits per heavy atom. The number of carbonyl (C=O) groups excluding carboxylic acids is 2. The van der Waals surface area contributed by atoms with E-state index < -0.39 is 17.8 Å². The van der Waals surface area contributed by atoms with Crippen LogP contribution in [0.4, 0.5) is 19.0 Å². The average molecular weight is 515 g/mol. The van der Waals surface area contributed by atoms with Crippen molar-refractivity contribution >= 4 is 18.5 Å². The minimum atomic E-state index is -4.41. The van der Waals surface area contributed by atoms with Gasteiger partial charge < -0.3 is 35.4 Å². The van der Waals surface area contributed by atoms with Crippen LogP contribution in [0.25, 0.3) is 11.1 Å². The highest BCUT2D eigenvalue weighted by Gasteiger charge is 2.46. The Morgan fingerprint density at radius 3 is 2.47 bits per heavy atom. The van der Waals surface area contributed by atoms with E-state index in [1.54, 1.807) is 30.3 Å². The van der Waals surface area contributed by atoms with Crippen molar-refractivity contribution in [3.63, 3.8) is 0 Å². The van der Waals surface area contributed by atoms with E-state index in [1.165, 1.54) is 18.1 Å². The Morgan fingerprint density at radius 1 is 1.28 bits per heavy atom. The van der Waals surface area contributed by atoms with Gasteiger partial charge >= 0.3 is 6.18 Å². The second-order valence-corrected chi connectivity index (χ2v) is 7.87. The summed E-state index contributed by atoms with van der Waals surface area (Å²) in [6.45, 7) is 3.10. The number of likely N-dealkylation sites (N-methyl/N-ethyl adjacent to an activating group) is 1. The zero-order valence-electron chi connectivity index (χ0n) is 20.8. The zero-order valence-corrected chi connectivity index (χ0v) is 20.8. The number of H-pyrrole nitrogens is 1. The number of amides is 1. The third kappa shape index (κ3) is 9.30. The van der Waals surface area contributed by atoms with Gasteiger partial charge in [-0.15, -0.1) is 0 Å². The molecule has 1 unspecified atom stereocenters. The highest BCUT2D eigenvalue weighted by atomic mass is 19.4. The summed E-state index contributed by atoms with van der Waals surface area (Å²) in [5.74, 6) is 0.522. The number of aryl methyl sites for hydroxylation is 1. The Hall–Kier alpha value is -3.45. The van der Waals surface area contributed by atoms with Gasteiger partial charge in [-0.2, -0.15) is 13.2 Å². The van der Waals surface area contributed by atoms with Crippen molar-refractivity contribution in [1.29, 1.82) is 0 Å². The lowest BCUT2D eigenvalue weighted by atomic mass is 10.0. The number of aromatic amines is 1. The van der Waals surface area contributed by atoms with E-state index in [1.807, 2.05) is 14.0 Å². The zero-order chi connectivity index (χ0) is 27.3. The fourth-order valence-corrected chi connectivity index (χ4v) is 3.46. The predicted molar refractivity (Wildman–Crippen MR) is 131 cm³/mol. The van der Waals surface area contributed by atoms with Gasteiger partial charge in [-0.1, -0.05) is 0 Å². The van der Waals surface area contributed by atoms with Crippen LogP contribution in [0.3, 0.4) is 0 Å². The summed E-state index contributed by atoms with van der Waals surface area (Å²) in [6, 6.07) is 2.92. The standard InChI is InChI=1S/C18H21F3N4O2.C4H9NO.CH3NO/c1-11-9-22-17(27-3)8-13(11)12-6-15(23-16(26)7-12)25-5-4-24(2)10-14(25)18(19,20)21;1-5-3-2-4-6;2-1-3/h6-9,14H,4-5,10H2,1-3H3,(H,23,26);4-5H,2-3H2,1H3;1H,(H2,2,3). The SMILES string of the molecule is CNCCC=O.COc1cc(-c2cc(N3CCN(C)CC3C(F)(F)F)[nH]c(=O)c2)c(C)cn1.NC=O. The number of hydrogen-bond acceptors (Lipinski definition) is 8. The van der Waals surface area contributed by atoms with Crippen LogP contribution in [0.15, 0.2) is 29.2 Å². The van der Waals surface area contributed by atoms with Gasteiger partial charge in [0.25, 0.3) is 0 Å². The number of rotatable bonds is 6. The monoisotopic (exact) mass is 514 g/mol. The molecule has 4 N–H and O–H groups in total. The summed E-state index contributed by atoms with van der Waals surface area (Å²) in [4.78, 5) is 39.8. The average Bonchev–Trinajstić information content (AvgIpc) is 2.83. The fourth-order valence-electron chi connectivity index (χ4n) is 3.46. The number of piperazine rings is 1. The van der Waals surface area contributed by atoms with Crippen molar-refractivity contribution in [2.24, 2.45) is 5.73 Å². The van der Waals surface area contributed by atoms with Gasteiger partial charge in [0.2, 0.25) is 17.8 Å². The van der Waals surface area contributed by atoms with Crippen molar-refractivity contribution in [1.82, 2.24) is 20.2 Å². The van der Waals surface area contributed by atoms with Crippen LogP contribution in [-0.2, 0) is 9.59 Å². The van der Waals surface area contributed by atoms with Gasteiger partial charge in [0.05, 0.1) is 7.11 Å². The minimum absolute atomic E-state index is 0.155. The van der Waals surface area contributed by atoms with E-state index in [4.69, 9.17) is 9.53 Å². The van der Waals surface area contributed by atoms with E-state index in [2.05, 4.69) is 21.0 Å². The molecule has 2 aromatic rings. The molecule has 1 atom stereocenters. The van der Waals surface area contributed by atoms with E-state index in [0.717, 1.165) is 18.4 Å². The maximum atomic E-state index is 13.6. The summed E-state index contributed by atoms with van der Waals surface area (Å²) in [7, 11) is 4.95. The molecule has 200 valence electrons. The number of ether oxygens (including phenoxy) is 1. The maximum Gasteiger partial charge on any atom is 0.410 e. The maximum absolute atomic E-state index is 13.6. The highest BCUT2D eigenvalue weighted by molar-refractivity contribution is 5.70. The number of primary amides is 1. The van der Waals surface area contributed by atoms with Crippen LogP contribution >= 0.6 is 0 Å². The Bertz CT molecular complexity index is 1030. The molecule has 0 spiro atoms. The number of nitrogens with zero attached hydrogens (tertiary/aromatic N) is 3. The molecule has 1 aliphatic rings. The smallest absolute Gasteiger partial charge is 0.410 e. The summed E-state index contributed by atoms with van der Waals surface area (Å²) in [5.41, 5.74) is 5.70. The minimum Gasteiger partial charge on any atom is -0.481 e. The molecule has 2 aromatic heterocycles. The van der Waals surface area contributed by atoms with Gasteiger partial charge in [-0.25, -0.2) is 4.98 Å². The van der Waals surface area contributed by atoms with Crippen LogP contribution < -0.4 is 26.2 Å². The number of carbonyl (C=O) groups is 2. The first kappa shape index (κ1) is 30.6. The number of methoxy groups -OCH3 is 1. The number of aromatic nitrogens is 2. The molecule has 0 bridgehead atoms. The molecule has 3 heterocycles. The largest absolute Gasteiger partial charge is 0.481 e. The second-order valence-electron chi connectivity index (χ2n) is 7.87. The lowest BCUT2D eigenvalue weighted by Gasteiger charge is -2.41. The number of anilines is 1. The Kier molecular flexibility index (Phi) is 12.6. The first-order chi connectivity index (χ1) is 17.0. The third-order valence-electron chi connectivity index (χ3n) is 5.21. The molecule has 36 heavy (non-hydrogen) atoms. The van der Waals surface area contributed by atoms with Crippen molar-refractivity contribution in [3.05, 3.63) is 40.3 Å². The Labute approximate surface area is 207 Å². The van der Waals surface area contributed by atoms with Crippen LogP contribution in [0.1, 0.15) is 12.0 Å². The molecular weight excluding hydrogens is 481 g/mol. The quantitative estimate of drug-likeness (QED) is 0.389.